The van der Waals surface area contributed by atoms with E-state index in [4.69, 9.17) is 4.74 Å². The Morgan fingerprint density at radius 1 is 1.21 bits per heavy atom. The van der Waals surface area contributed by atoms with E-state index < -0.39 is 0 Å². The van der Waals surface area contributed by atoms with Gasteiger partial charge in [0.2, 0.25) is 0 Å². The van der Waals surface area contributed by atoms with Crippen LogP contribution in [0.1, 0.15) is 33.1 Å². The number of ether oxygens (including phenoxy) is 1. The monoisotopic (exact) mass is 269 g/mol. The highest BCUT2D eigenvalue weighted by Gasteiger charge is 2.21. The molecule has 0 aromatic carbocycles. The summed E-state index contributed by atoms with van der Waals surface area (Å²) in [6.07, 6.45) is 4.29. The smallest absolute Gasteiger partial charge is 0.0826 e. The van der Waals surface area contributed by atoms with Crippen LogP contribution >= 0.6 is 0 Å². The van der Waals surface area contributed by atoms with Gasteiger partial charge in [0.05, 0.1) is 12.7 Å². The number of nitrogens with one attached hydrogen (secondary N) is 1. The molecule has 0 aromatic rings. The van der Waals surface area contributed by atoms with Gasteiger partial charge in [0.25, 0.3) is 0 Å². The lowest BCUT2D eigenvalue weighted by molar-refractivity contribution is -0.0194. The molecule has 0 amide bonds. The molecule has 0 bridgehead atoms. The van der Waals surface area contributed by atoms with Gasteiger partial charge >= 0.3 is 0 Å². The van der Waals surface area contributed by atoms with E-state index in [1.54, 1.807) is 0 Å². The molecule has 4 nitrogen and oxygen atoms in total. The van der Waals surface area contributed by atoms with E-state index in [0.29, 0.717) is 18.2 Å². The largest absolute Gasteiger partial charge is 0.374 e. The first kappa shape index (κ1) is 15.2. The third-order valence-electron chi connectivity index (χ3n) is 4.47. The van der Waals surface area contributed by atoms with Crippen molar-refractivity contribution in [2.45, 2.75) is 51.3 Å². The highest BCUT2D eigenvalue weighted by Crippen LogP contribution is 2.13. The van der Waals surface area contributed by atoms with Crippen molar-refractivity contribution < 1.29 is 4.74 Å². The van der Waals surface area contributed by atoms with Crippen LogP contribution in [0.2, 0.25) is 0 Å². The van der Waals surface area contributed by atoms with Gasteiger partial charge in [-0.15, -0.1) is 0 Å². The second kappa shape index (κ2) is 7.58. The van der Waals surface area contributed by atoms with Crippen LogP contribution in [0.15, 0.2) is 0 Å². The lowest BCUT2D eigenvalue weighted by atomic mass is 10.1. The molecule has 2 unspecified atom stereocenters. The SMILES string of the molecule is CC(C)N1CCCC(NCC2CN(C)CCO2)CC1. The zero-order chi connectivity index (χ0) is 13.7. The van der Waals surface area contributed by atoms with E-state index in [2.05, 4.69) is 36.0 Å². The predicted octanol–water partition coefficient (Wildman–Crippen LogP) is 1.17. The van der Waals surface area contributed by atoms with Gasteiger partial charge in [0, 0.05) is 31.7 Å². The minimum absolute atomic E-state index is 0.378. The first-order chi connectivity index (χ1) is 9.15. The lowest BCUT2D eigenvalue weighted by Gasteiger charge is -2.31. The maximum absolute atomic E-state index is 5.82. The summed E-state index contributed by atoms with van der Waals surface area (Å²) in [5.74, 6) is 0. The second-order valence-electron chi connectivity index (χ2n) is 6.42. The van der Waals surface area contributed by atoms with Crippen molar-refractivity contribution >= 4 is 0 Å². The molecule has 2 aliphatic rings. The molecule has 2 fully saturated rings. The van der Waals surface area contributed by atoms with Gasteiger partial charge in [-0.2, -0.15) is 0 Å². The zero-order valence-corrected chi connectivity index (χ0v) is 12.9. The van der Waals surface area contributed by atoms with Crippen molar-refractivity contribution in [1.82, 2.24) is 15.1 Å². The topological polar surface area (TPSA) is 27.7 Å². The Morgan fingerprint density at radius 2 is 2.05 bits per heavy atom. The van der Waals surface area contributed by atoms with Gasteiger partial charge in [0.15, 0.2) is 0 Å². The summed E-state index contributed by atoms with van der Waals surface area (Å²) in [5.41, 5.74) is 0. The summed E-state index contributed by atoms with van der Waals surface area (Å²) in [7, 11) is 2.18. The predicted molar refractivity (Wildman–Crippen MR) is 79.6 cm³/mol. The first-order valence-corrected chi connectivity index (χ1v) is 7.92. The quantitative estimate of drug-likeness (QED) is 0.829. The standard InChI is InChI=1S/C15H31N3O/c1-13(2)18-7-4-5-14(6-8-18)16-11-15-12-17(3)9-10-19-15/h13-16H,4-12H2,1-3H3. The third-order valence-corrected chi connectivity index (χ3v) is 4.47. The van der Waals surface area contributed by atoms with Gasteiger partial charge in [-0.3, -0.25) is 0 Å². The van der Waals surface area contributed by atoms with Crippen LogP contribution in [0, 0.1) is 0 Å². The summed E-state index contributed by atoms with van der Waals surface area (Å²) in [4.78, 5) is 4.97. The summed E-state index contributed by atoms with van der Waals surface area (Å²) in [6.45, 7) is 11.1. The molecule has 19 heavy (non-hydrogen) atoms. The van der Waals surface area contributed by atoms with E-state index in [0.717, 1.165) is 26.2 Å². The Hall–Kier alpha value is -0.160. The third kappa shape index (κ3) is 5.03. The molecule has 0 radical (unpaired) electrons. The van der Waals surface area contributed by atoms with Crippen LogP contribution in [0.5, 0.6) is 0 Å². The maximum atomic E-state index is 5.82. The second-order valence-corrected chi connectivity index (χ2v) is 6.42. The van der Waals surface area contributed by atoms with Crippen LogP contribution in [-0.4, -0.2) is 74.4 Å². The number of likely N-dealkylation sites (N-methyl/N-ethyl adjacent to an activating group) is 1. The molecular weight excluding hydrogens is 238 g/mol. The normalized spacial score (nSPS) is 31.6. The Balaban J connectivity index is 1.68. The lowest BCUT2D eigenvalue weighted by Crippen LogP contribution is -2.47. The van der Waals surface area contributed by atoms with Gasteiger partial charge < -0.3 is 19.9 Å². The van der Waals surface area contributed by atoms with Crippen molar-refractivity contribution in [3.63, 3.8) is 0 Å². The maximum Gasteiger partial charge on any atom is 0.0826 e. The van der Waals surface area contributed by atoms with E-state index >= 15 is 0 Å². The molecule has 4 heteroatoms. The molecule has 2 saturated heterocycles. The molecule has 2 heterocycles. The van der Waals surface area contributed by atoms with Crippen molar-refractivity contribution in [3.8, 4) is 0 Å². The van der Waals surface area contributed by atoms with Crippen molar-refractivity contribution in [3.05, 3.63) is 0 Å². The number of nitrogens with zero attached hydrogens (tertiary/aromatic N) is 2. The molecule has 1 N–H and O–H groups in total. The van der Waals surface area contributed by atoms with Gasteiger partial charge in [0.1, 0.15) is 0 Å². The number of hydrogen-bond acceptors (Lipinski definition) is 4. The van der Waals surface area contributed by atoms with Crippen LogP contribution in [0.4, 0.5) is 0 Å². The minimum Gasteiger partial charge on any atom is -0.374 e. The highest BCUT2D eigenvalue weighted by atomic mass is 16.5. The fraction of sp³-hybridized carbons (Fsp3) is 1.00. The molecule has 0 aliphatic carbocycles. The molecule has 0 spiro atoms. The summed E-state index contributed by atoms with van der Waals surface area (Å²) in [5, 5.41) is 3.73. The van der Waals surface area contributed by atoms with Crippen molar-refractivity contribution in [2.75, 3.05) is 46.4 Å². The number of rotatable bonds is 4. The first-order valence-electron chi connectivity index (χ1n) is 7.92. The number of morpholine rings is 1. The van der Waals surface area contributed by atoms with E-state index in [9.17, 15) is 0 Å². The van der Waals surface area contributed by atoms with Crippen molar-refractivity contribution in [1.29, 1.82) is 0 Å². The fourth-order valence-electron chi connectivity index (χ4n) is 3.13. The van der Waals surface area contributed by atoms with Gasteiger partial charge in [-0.1, -0.05) is 0 Å². The summed E-state index contributed by atoms with van der Waals surface area (Å²) < 4.78 is 5.82. The van der Waals surface area contributed by atoms with Gasteiger partial charge in [-0.25, -0.2) is 0 Å². The van der Waals surface area contributed by atoms with E-state index in [1.807, 2.05) is 0 Å². The molecule has 0 aromatic heterocycles. The summed E-state index contributed by atoms with van der Waals surface area (Å²) in [6, 6.07) is 1.37. The average molecular weight is 269 g/mol. The fourth-order valence-corrected chi connectivity index (χ4v) is 3.13. The summed E-state index contributed by atoms with van der Waals surface area (Å²) >= 11 is 0. The molecule has 2 rings (SSSR count). The van der Waals surface area contributed by atoms with Crippen LogP contribution in [0.3, 0.4) is 0 Å². The number of hydrogen-bond donors (Lipinski definition) is 1. The Bertz CT molecular complexity index is 260. The molecule has 2 aliphatic heterocycles. The van der Waals surface area contributed by atoms with Gasteiger partial charge in [-0.05, 0) is 53.2 Å². The average Bonchev–Trinajstić information content (AvgIpc) is 2.62. The molecule has 2 atom stereocenters. The molecule has 112 valence electrons. The van der Waals surface area contributed by atoms with Crippen LogP contribution < -0.4 is 5.32 Å². The highest BCUT2D eigenvalue weighted by molar-refractivity contribution is 4.79. The van der Waals surface area contributed by atoms with Crippen LogP contribution in [0.25, 0.3) is 0 Å². The zero-order valence-electron chi connectivity index (χ0n) is 12.9. The molecule has 0 saturated carbocycles. The van der Waals surface area contributed by atoms with Crippen molar-refractivity contribution in [2.24, 2.45) is 0 Å². The number of likely N-dealkylation sites (tertiary alicyclic amines) is 1. The Morgan fingerprint density at radius 3 is 2.79 bits per heavy atom. The Labute approximate surface area is 118 Å². The Kier molecular flexibility index (Phi) is 6.07. The van der Waals surface area contributed by atoms with E-state index in [-0.39, 0.29) is 0 Å². The van der Waals surface area contributed by atoms with E-state index in [1.165, 1.54) is 32.4 Å². The van der Waals surface area contributed by atoms with Crippen LogP contribution in [-0.2, 0) is 4.74 Å². The molecular formula is C15H31N3O. The minimum atomic E-state index is 0.378.